The first-order valence-electron chi connectivity index (χ1n) is 6.27. The van der Waals surface area contributed by atoms with Gasteiger partial charge < -0.3 is 4.52 Å². The maximum atomic E-state index is 12.6. The standard InChI is InChI=1S/C13H13F3N2O3S/c1-9-7-11(21-18-9)5-6-17-22(19,20)12-4-2-3-10(8-12)13(14,15)16/h2-4,7-8,17H,5-6H2,1H3. The number of aromatic nitrogens is 1. The predicted molar refractivity (Wildman–Crippen MR) is 71.6 cm³/mol. The van der Waals surface area contributed by atoms with E-state index in [-0.39, 0.29) is 13.0 Å². The Morgan fingerprint density at radius 2 is 2.00 bits per heavy atom. The summed E-state index contributed by atoms with van der Waals surface area (Å²) in [6, 6.07) is 5.23. The maximum Gasteiger partial charge on any atom is 0.416 e. The van der Waals surface area contributed by atoms with Crippen LogP contribution in [0.25, 0.3) is 0 Å². The summed E-state index contributed by atoms with van der Waals surface area (Å²) >= 11 is 0. The van der Waals surface area contributed by atoms with Crippen molar-refractivity contribution < 1.29 is 26.1 Å². The van der Waals surface area contributed by atoms with Crippen molar-refractivity contribution in [1.82, 2.24) is 9.88 Å². The van der Waals surface area contributed by atoms with Gasteiger partial charge in [0.1, 0.15) is 5.76 Å². The number of nitrogens with zero attached hydrogens (tertiary/aromatic N) is 1. The molecule has 2 rings (SSSR count). The zero-order valence-corrected chi connectivity index (χ0v) is 12.3. The second-order valence-corrected chi connectivity index (χ2v) is 6.37. The Hall–Kier alpha value is -1.87. The molecule has 0 atom stereocenters. The van der Waals surface area contributed by atoms with E-state index >= 15 is 0 Å². The zero-order chi connectivity index (χ0) is 16.4. The third-order valence-electron chi connectivity index (χ3n) is 2.81. The van der Waals surface area contributed by atoms with Crippen LogP contribution in [0.3, 0.4) is 0 Å². The molecular formula is C13H13F3N2O3S. The van der Waals surface area contributed by atoms with Gasteiger partial charge in [-0.25, -0.2) is 13.1 Å². The smallest absolute Gasteiger partial charge is 0.361 e. The Bertz CT molecular complexity index is 754. The topological polar surface area (TPSA) is 72.2 Å². The first-order valence-corrected chi connectivity index (χ1v) is 7.76. The summed E-state index contributed by atoms with van der Waals surface area (Å²) in [5.74, 6) is 0.490. The summed E-state index contributed by atoms with van der Waals surface area (Å²) in [4.78, 5) is -0.434. The SMILES string of the molecule is Cc1cc(CCNS(=O)(=O)c2cccc(C(F)(F)F)c2)on1. The summed E-state index contributed by atoms with van der Waals surface area (Å²) in [6.07, 6.45) is -4.35. The highest BCUT2D eigenvalue weighted by molar-refractivity contribution is 7.89. The first-order chi connectivity index (χ1) is 10.2. The molecule has 1 aromatic heterocycles. The van der Waals surface area contributed by atoms with Crippen LogP contribution in [0, 0.1) is 6.92 Å². The maximum absolute atomic E-state index is 12.6. The van der Waals surface area contributed by atoms with E-state index in [2.05, 4.69) is 9.88 Å². The molecule has 9 heteroatoms. The number of hydrogen-bond donors (Lipinski definition) is 1. The van der Waals surface area contributed by atoms with Crippen molar-refractivity contribution in [2.75, 3.05) is 6.54 Å². The molecule has 0 fully saturated rings. The molecule has 0 saturated carbocycles. The molecule has 0 amide bonds. The Labute approximate surface area is 125 Å². The van der Waals surface area contributed by atoms with Crippen LogP contribution in [0.1, 0.15) is 17.0 Å². The Balaban J connectivity index is 2.07. The molecule has 120 valence electrons. The largest absolute Gasteiger partial charge is 0.416 e. The minimum Gasteiger partial charge on any atom is -0.361 e. The fourth-order valence-electron chi connectivity index (χ4n) is 1.77. The van der Waals surface area contributed by atoms with Gasteiger partial charge in [0.15, 0.2) is 0 Å². The second-order valence-electron chi connectivity index (χ2n) is 4.61. The second kappa shape index (κ2) is 6.09. The fourth-order valence-corrected chi connectivity index (χ4v) is 2.84. The van der Waals surface area contributed by atoms with Gasteiger partial charge in [0, 0.05) is 19.0 Å². The molecule has 0 spiro atoms. The van der Waals surface area contributed by atoms with Gasteiger partial charge in [0.25, 0.3) is 0 Å². The van der Waals surface area contributed by atoms with Crippen molar-refractivity contribution >= 4 is 10.0 Å². The first kappa shape index (κ1) is 16.5. The highest BCUT2D eigenvalue weighted by atomic mass is 32.2. The lowest BCUT2D eigenvalue weighted by molar-refractivity contribution is -0.137. The van der Waals surface area contributed by atoms with E-state index in [1.807, 2.05) is 0 Å². The summed E-state index contributed by atoms with van der Waals surface area (Å²) < 4.78 is 68.9. The highest BCUT2D eigenvalue weighted by Crippen LogP contribution is 2.30. The molecule has 1 aromatic carbocycles. The fraction of sp³-hybridized carbons (Fsp3) is 0.308. The van der Waals surface area contributed by atoms with Gasteiger partial charge in [-0.3, -0.25) is 0 Å². The molecule has 22 heavy (non-hydrogen) atoms. The van der Waals surface area contributed by atoms with Crippen molar-refractivity contribution in [2.45, 2.75) is 24.4 Å². The molecule has 0 bridgehead atoms. The molecule has 5 nitrogen and oxygen atoms in total. The number of sulfonamides is 1. The van der Waals surface area contributed by atoms with E-state index in [1.165, 1.54) is 0 Å². The van der Waals surface area contributed by atoms with Crippen LogP contribution in [-0.2, 0) is 22.6 Å². The number of halogens is 3. The van der Waals surface area contributed by atoms with Gasteiger partial charge in [-0.2, -0.15) is 13.2 Å². The van der Waals surface area contributed by atoms with Crippen LogP contribution >= 0.6 is 0 Å². The number of alkyl halides is 3. The van der Waals surface area contributed by atoms with E-state index < -0.39 is 26.7 Å². The van der Waals surface area contributed by atoms with Crippen molar-refractivity contribution in [2.24, 2.45) is 0 Å². The predicted octanol–water partition coefficient (Wildman–Crippen LogP) is 2.52. The van der Waals surface area contributed by atoms with Gasteiger partial charge in [-0.05, 0) is 25.1 Å². The monoisotopic (exact) mass is 334 g/mol. The molecule has 1 N–H and O–H groups in total. The van der Waals surface area contributed by atoms with E-state index in [9.17, 15) is 21.6 Å². The summed E-state index contributed by atoms with van der Waals surface area (Å²) in [5, 5.41) is 3.65. The van der Waals surface area contributed by atoms with E-state index in [0.29, 0.717) is 17.5 Å². The third kappa shape index (κ3) is 4.08. The Morgan fingerprint density at radius 1 is 1.27 bits per heavy atom. The minimum absolute atomic E-state index is 0.00673. The lowest BCUT2D eigenvalue weighted by Gasteiger charge is -2.10. The molecule has 0 unspecified atom stereocenters. The zero-order valence-electron chi connectivity index (χ0n) is 11.5. The van der Waals surface area contributed by atoms with Crippen LogP contribution in [-0.4, -0.2) is 20.1 Å². The van der Waals surface area contributed by atoms with Crippen molar-refractivity contribution in [3.05, 3.63) is 47.3 Å². The van der Waals surface area contributed by atoms with Crippen LogP contribution < -0.4 is 4.72 Å². The molecule has 0 saturated heterocycles. The number of benzene rings is 1. The van der Waals surface area contributed by atoms with Crippen molar-refractivity contribution in [3.63, 3.8) is 0 Å². The highest BCUT2D eigenvalue weighted by Gasteiger charge is 2.31. The molecular weight excluding hydrogens is 321 g/mol. The molecule has 1 heterocycles. The molecule has 0 aliphatic heterocycles. The van der Waals surface area contributed by atoms with Crippen LogP contribution in [0.4, 0.5) is 13.2 Å². The summed E-state index contributed by atoms with van der Waals surface area (Å²) in [5.41, 5.74) is -0.350. The van der Waals surface area contributed by atoms with E-state index in [0.717, 1.165) is 18.2 Å². The average molecular weight is 334 g/mol. The van der Waals surface area contributed by atoms with Crippen molar-refractivity contribution in [1.29, 1.82) is 0 Å². The van der Waals surface area contributed by atoms with Gasteiger partial charge in [0.2, 0.25) is 10.0 Å². The lowest BCUT2D eigenvalue weighted by atomic mass is 10.2. The average Bonchev–Trinajstić information content (AvgIpc) is 2.83. The van der Waals surface area contributed by atoms with Crippen LogP contribution in [0.2, 0.25) is 0 Å². The molecule has 0 radical (unpaired) electrons. The Kier molecular flexibility index (Phi) is 4.57. The molecule has 0 aliphatic rings. The van der Waals surface area contributed by atoms with Crippen LogP contribution in [0.5, 0.6) is 0 Å². The molecule has 2 aromatic rings. The van der Waals surface area contributed by atoms with Crippen molar-refractivity contribution in [3.8, 4) is 0 Å². The number of nitrogens with one attached hydrogen (secondary N) is 1. The Morgan fingerprint density at radius 3 is 2.59 bits per heavy atom. The van der Waals surface area contributed by atoms with E-state index in [1.54, 1.807) is 13.0 Å². The minimum atomic E-state index is -4.59. The lowest BCUT2D eigenvalue weighted by Crippen LogP contribution is -2.26. The summed E-state index contributed by atoms with van der Waals surface area (Å²) in [7, 11) is -4.02. The van der Waals surface area contributed by atoms with Gasteiger partial charge >= 0.3 is 6.18 Å². The number of rotatable bonds is 5. The van der Waals surface area contributed by atoms with Gasteiger partial charge in [0.05, 0.1) is 16.2 Å². The van der Waals surface area contributed by atoms with Crippen LogP contribution in [0.15, 0.2) is 39.8 Å². The molecule has 0 aliphatic carbocycles. The quantitative estimate of drug-likeness (QED) is 0.912. The summed E-state index contributed by atoms with van der Waals surface area (Å²) in [6.45, 7) is 1.72. The van der Waals surface area contributed by atoms with E-state index in [4.69, 9.17) is 4.52 Å². The third-order valence-corrected chi connectivity index (χ3v) is 4.27. The number of hydrogen-bond acceptors (Lipinski definition) is 4. The van der Waals surface area contributed by atoms with Gasteiger partial charge in [-0.15, -0.1) is 0 Å². The van der Waals surface area contributed by atoms with Gasteiger partial charge in [-0.1, -0.05) is 11.2 Å². The number of aryl methyl sites for hydroxylation is 1. The normalized spacial score (nSPS) is 12.5.